The third-order valence-corrected chi connectivity index (χ3v) is 7.09. The molecular formula is C26H26ClNO4. The minimum Gasteiger partial charge on any atom is -0.507 e. The summed E-state index contributed by atoms with van der Waals surface area (Å²) in [6, 6.07) is 11.3. The molecule has 2 aromatic carbocycles. The fourth-order valence-corrected chi connectivity index (χ4v) is 5.04. The van der Waals surface area contributed by atoms with E-state index in [-0.39, 0.29) is 17.2 Å². The van der Waals surface area contributed by atoms with E-state index in [1.54, 1.807) is 18.2 Å². The number of benzene rings is 2. The molecule has 0 bridgehead atoms. The highest BCUT2D eigenvalue weighted by atomic mass is 35.5. The first-order valence-corrected chi connectivity index (χ1v) is 11.6. The van der Waals surface area contributed by atoms with Crippen LogP contribution in [-0.2, 0) is 9.53 Å². The Morgan fingerprint density at radius 3 is 2.44 bits per heavy atom. The Kier molecular flexibility index (Phi) is 5.25. The molecule has 2 aromatic rings. The maximum absolute atomic E-state index is 12.7. The van der Waals surface area contributed by atoms with Gasteiger partial charge in [-0.05, 0) is 86.4 Å². The van der Waals surface area contributed by atoms with Gasteiger partial charge in [-0.1, -0.05) is 30.2 Å². The lowest BCUT2D eigenvalue weighted by atomic mass is 9.82. The highest BCUT2D eigenvalue weighted by Crippen LogP contribution is 2.46. The van der Waals surface area contributed by atoms with Gasteiger partial charge in [0.15, 0.2) is 11.4 Å². The lowest BCUT2D eigenvalue weighted by Crippen LogP contribution is -2.34. The van der Waals surface area contributed by atoms with Crippen molar-refractivity contribution >= 4 is 29.1 Å². The van der Waals surface area contributed by atoms with Crippen LogP contribution in [-0.4, -0.2) is 28.6 Å². The molecule has 0 unspecified atom stereocenters. The zero-order valence-electron chi connectivity index (χ0n) is 18.0. The van der Waals surface area contributed by atoms with Crippen LogP contribution in [0.2, 0.25) is 5.02 Å². The number of aryl methyl sites for hydroxylation is 1. The van der Waals surface area contributed by atoms with Gasteiger partial charge < -0.3 is 15.2 Å². The Balaban J connectivity index is 1.46. The molecule has 0 saturated heterocycles. The molecule has 2 N–H and O–H groups in total. The number of ether oxygens (including phenoxy) is 1. The Bertz CT molecular complexity index is 1130. The first-order valence-electron chi connectivity index (χ1n) is 11.3. The number of nitrogens with one attached hydrogen (secondary N) is 1. The molecule has 2 aliphatic carbocycles. The SMILES string of the molecule is Cc1cc(-c2ccc(C(=O)NC3CC3)cc2)c(Cl)cc1C1=C(O)C2(CCCCC2)OC1=O. The number of esters is 1. The quantitative estimate of drug-likeness (QED) is 0.581. The zero-order valence-corrected chi connectivity index (χ0v) is 18.8. The third kappa shape index (κ3) is 3.69. The van der Waals surface area contributed by atoms with Gasteiger partial charge in [0.2, 0.25) is 0 Å². The number of carbonyl (C=O) groups is 2. The molecule has 0 radical (unpaired) electrons. The Morgan fingerprint density at radius 1 is 1.09 bits per heavy atom. The second kappa shape index (κ2) is 7.96. The largest absolute Gasteiger partial charge is 0.507 e. The normalized spacial score (nSPS) is 19.9. The number of halogens is 1. The second-order valence-electron chi connectivity index (χ2n) is 9.14. The van der Waals surface area contributed by atoms with Crippen LogP contribution in [0.4, 0.5) is 0 Å². The van der Waals surface area contributed by atoms with Crippen LogP contribution in [0.3, 0.4) is 0 Å². The lowest BCUT2D eigenvalue weighted by molar-refractivity contribution is -0.149. The molecule has 2 saturated carbocycles. The first kappa shape index (κ1) is 21.1. The third-order valence-electron chi connectivity index (χ3n) is 6.78. The maximum atomic E-state index is 12.7. The summed E-state index contributed by atoms with van der Waals surface area (Å²) in [5.41, 5.74) is 3.08. The molecule has 32 heavy (non-hydrogen) atoms. The summed E-state index contributed by atoms with van der Waals surface area (Å²) in [5.74, 6) is -0.502. The van der Waals surface area contributed by atoms with Gasteiger partial charge in [-0.2, -0.15) is 0 Å². The number of carbonyl (C=O) groups excluding carboxylic acids is 2. The van der Waals surface area contributed by atoms with E-state index >= 15 is 0 Å². The minimum atomic E-state index is -0.876. The van der Waals surface area contributed by atoms with E-state index in [1.807, 2.05) is 25.1 Å². The summed E-state index contributed by atoms with van der Waals surface area (Å²) >= 11 is 6.63. The van der Waals surface area contributed by atoms with Gasteiger partial charge in [-0.3, -0.25) is 4.79 Å². The van der Waals surface area contributed by atoms with Crippen molar-refractivity contribution in [3.05, 3.63) is 63.9 Å². The number of hydrogen-bond donors (Lipinski definition) is 2. The van der Waals surface area contributed by atoms with Gasteiger partial charge >= 0.3 is 5.97 Å². The van der Waals surface area contributed by atoms with Crippen molar-refractivity contribution in [1.82, 2.24) is 5.32 Å². The van der Waals surface area contributed by atoms with Crippen LogP contribution in [0.25, 0.3) is 16.7 Å². The van der Waals surface area contributed by atoms with Crippen LogP contribution < -0.4 is 5.32 Å². The van der Waals surface area contributed by atoms with Crippen LogP contribution in [0.1, 0.15) is 66.4 Å². The minimum absolute atomic E-state index is 0.0418. The predicted molar refractivity (Wildman–Crippen MR) is 124 cm³/mol. The van der Waals surface area contributed by atoms with Gasteiger partial charge in [0.05, 0.1) is 0 Å². The molecule has 2 fully saturated rings. The predicted octanol–water partition coefficient (Wildman–Crippen LogP) is 5.74. The number of rotatable bonds is 4. The van der Waals surface area contributed by atoms with Crippen molar-refractivity contribution in [1.29, 1.82) is 0 Å². The van der Waals surface area contributed by atoms with Crippen molar-refractivity contribution in [3.63, 3.8) is 0 Å². The summed E-state index contributed by atoms with van der Waals surface area (Å²) in [6.45, 7) is 1.89. The van der Waals surface area contributed by atoms with Crippen LogP contribution in [0.15, 0.2) is 42.2 Å². The topological polar surface area (TPSA) is 75.6 Å². The van der Waals surface area contributed by atoms with Crippen LogP contribution in [0, 0.1) is 6.92 Å². The smallest absolute Gasteiger partial charge is 0.343 e. The summed E-state index contributed by atoms with van der Waals surface area (Å²) in [7, 11) is 0. The van der Waals surface area contributed by atoms with E-state index in [0.717, 1.165) is 48.8 Å². The van der Waals surface area contributed by atoms with Crippen LogP contribution >= 0.6 is 11.6 Å². The summed E-state index contributed by atoms with van der Waals surface area (Å²) in [5, 5.41) is 14.4. The number of aliphatic hydroxyl groups excluding tert-OH is 1. The average Bonchev–Trinajstić information content (AvgIpc) is 3.57. The average molecular weight is 452 g/mol. The Labute approximate surface area is 192 Å². The zero-order chi connectivity index (χ0) is 22.5. The standard InChI is InChI=1S/C26H26ClNO4/c1-15-13-20(16-5-7-17(8-6-16)24(30)28-18-9-10-18)21(27)14-19(15)22-23(29)26(32-25(22)31)11-3-2-4-12-26/h5-8,13-14,18,29H,2-4,9-12H2,1H3,(H,28,30). The molecule has 1 spiro atoms. The molecule has 1 heterocycles. The molecule has 0 atom stereocenters. The van der Waals surface area contributed by atoms with E-state index in [0.29, 0.717) is 35.0 Å². The van der Waals surface area contributed by atoms with Crippen LogP contribution in [0.5, 0.6) is 0 Å². The van der Waals surface area contributed by atoms with Gasteiger partial charge in [0, 0.05) is 22.2 Å². The summed E-state index contributed by atoms with van der Waals surface area (Å²) < 4.78 is 5.70. The van der Waals surface area contributed by atoms with Gasteiger partial charge in [0.25, 0.3) is 5.91 Å². The molecule has 6 heteroatoms. The van der Waals surface area contributed by atoms with Crippen molar-refractivity contribution in [2.75, 3.05) is 0 Å². The fraction of sp³-hybridized carbons (Fsp3) is 0.385. The molecule has 0 aromatic heterocycles. The molecule has 5 rings (SSSR count). The van der Waals surface area contributed by atoms with E-state index < -0.39 is 11.6 Å². The molecule has 3 aliphatic rings. The number of hydrogen-bond acceptors (Lipinski definition) is 4. The van der Waals surface area contributed by atoms with Gasteiger partial charge in [-0.25, -0.2) is 4.79 Å². The van der Waals surface area contributed by atoms with E-state index in [9.17, 15) is 14.7 Å². The lowest BCUT2D eigenvalue weighted by Gasteiger charge is -2.31. The number of amides is 1. The highest BCUT2D eigenvalue weighted by molar-refractivity contribution is 6.34. The van der Waals surface area contributed by atoms with Gasteiger partial charge in [0.1, 0.15) is 5.57 Å². The first-order chi connectivity index (χ1) is 15.4. The Hall–Kier alpha value is -2.79. The second-order valence-corrected chi connectivity index (χ2v) is 9.55. The monoisotopic (exact) mass is 451 g/mol. The fourth-order valence-electron chi connectivity index (χ4n) is 4.77. The highest BCUT2D eigenvalue weighted by Gasteiger charge is 2.49. The van der Waals surface area contributed by atoms with E-state index in [2.05, 4.69) is 5.32 Å². The maximum Gasteiger partial charge on any atom is 0.343 e. The van der Waals surface area contributed by atoms with Crippen molar-refractivity contribution in [2.45, 2.75) is 63.5 Å². The van der Waals surface area contributed by atoms with Crippen molar-refractivity contribution < 1.29 is 19.4 Å². The molecule has 1 amide bonds. The molecule has 1 aliphatic heterocycles. The summed E-state index contributed by atoms with van der Waals surface area (Å²) in [4.78, 5) is 25.0. The van der Waals surface area contributed by atoms with Gasteiger partial charge in [-0.15, -0.1) is 0 Å². The molecule has 5 nitrogen and oxygen atoms in total. The Morgan fingerprint density at radius 2 is 1.78 bits per heavy atom. The molecular weight excluding hydrogens is 426 g/mol. The molecule has 166 valence electrons. The van der Waals surface area contributed by atoms with E-state index in [1.165, 1.54) is 0 Å². The number of aliphatic hydroxyl groups is 1. The van der Waals surface area contributed by atoms with Crippen molar-refractivity contribution in [2.24, 2.45) is 0 Å². The summed E-state index contributed by atoms with van der Waals surface area (Å²) in [6.07, 6.45) is 6.34. The van der Waals surface area contributed by atoms with Crippen molar-refractivity contribution in [3.8, 4) is 11.1 Å². The van der Waals surface area contributed by atoms with E-state index in [4.69, 9.17) is 16.3 Å².